The SMILES string of the molecule is CCCc1[cH-]c2cccc(-c3ccc(C(C)(C)C)cc3)c2c1[Si](C)(C)c1c(CCC)[cH-]c2cccc(-c3ccc(C(C)(C)C)cc3)c12.[Mg+2]. The average molecular weight is 659 g/mol. The molecule has 0 aromatic heterocycles. The van der Waals surface area contributed by atoms with Gasteiger partial charge < -0.3 is 0 Å². The fraction of sp³-hybridized carbons (Fsp3) is 0.348. The van der Waals surface area contributed by atoms with E-state index in [4.69, 9.17) is 0 Å². The van der Waals surface area contributed by atoms with E-state index >= 15 is 0 Å². The molecule has 48 heavy (non-hydrogen) atoms. The van der Waals surface area contributed by atoms with Crippen molar-refractivity contribution in [1.82, 2.24) is 0 Å². The second kappa shape index (κ2) is 13.8. The van der Waals surface area contributed by atoms with Crippen molar-refractivity contribution in [2.24, 2.45) is 0 Å². The Labute approximate surface area is 307 Å². The summed E-state index contributed by atoms with van der Waals surface area (Å²) in [5, 5.41) is 9.06. The van der Waals surface area contributed by atoms with Gasteiger partial charge >= 0.3 is 23.1 Å². The maximum absolute atomic E-state index is 2.65. The first kappa shape index (κ1) is 36.4. The summed E-state index contributed by atoms with van der Waals surface area (Å²) in [5.41, 5.74) is 11.6. The van der Waals surface area contributed by atoms with Crippen molar-refractivity contribution in [2.45, 2.75) is 105 Å². The molecular weight excluding hydrogens is 605 g/mol. The zero-order valence-electron chi connectivity index (χ0n) is 31.3. The van der Waals surface area contributed by atoms with Crippen molar-refractivity contribution in [3.05, 3.63) is 119 Å². The van der Waals surface area contributed by atoms with E-state index in [0.717, 1.165) is 25.7 Å². The van der Waals surface area contributed by atoms with Crippen LogP contribution in [0.2, 0.25) is 13.1 Å². The quantitative estimate of drug-likeness (QED) is 0.113. The molecule has 0 saturated carbocycles. The molecule has 0 heterocycles. The minimum Gasteiger partial charge on any atom is -0.158 e. The summed E-state index contributed by atoms with van der Waals surface area (Å²) in [7, 11) is -2.25. The van der Waals surface area contributed by atoms with E-state index in [1.54, 1.807) is 21.5 Å². The second-order valence-electron chi connectivity index (χ2n) is 16.4. The summed E-state index contributed by atoms with van der Waals surface area (Å²) in [5.74, 6) is 0. The van der Waals surface area contributed by atoms with E-state index in [-0.39, 0.29) is 33.9 Å². The van der Waals surface area contributed by atoms with Crippen LogP contribution >= 0.6 is 0 Å². The van der Waals surface area contributed by atoms with Gasteiger partial charge in [0.1, 0.15) is 0 Å². The molecule has 0 amide bonds. The predicted octanol–water partition coefficient (Wildman–Crippen LogP) is 11.7. The molecule has 6 rings (SSSR count). The Morgan fingerprint density at radius 2 is 0.875 bits per heavy atom. The van der Waals surface area contributed by atoms with Crippen molar-refractivity contribution >= 4 is 63.0 Å². The zero-order chi connectivity index (χ0) is 33.7. The van der Waals surface area contributed by atoms with Crippen molar-refractivity contribution in [1.29, 1.82) is 0 Å². The van der Waals surface area contributed by atoms with Gasteiger partial charge in [-0.05, 0) is 45.9 Å². The van der Waals surface area contributed by atoms with Crippen LogP contribution in [-0.4, -0.2) is 31.1 Å². The van der Waals surface area contributed by atoms with Gasteiger partial charge in [-0.2, -0.15) is 10.4 Å². The van der Waals surface area contributed by atoms with Gasteiger partial charge in [0.25, 0.3) is 0 Å². The fourth-order valence-corrected chi connectivity index (χ4v) is 12.1. The molecule has 244 valence electrons. The number of rotatable bonds is 8. The molecule has 0 aliphatic rings. The molecule has 0 saturated heterocycles. The second-order valence-corrected chi connectivity index (χ2v) is 20.7. The molecule has 0 nitrogen and oxygen atoms in total. The average Bonchev–Trinajstić information content (AvgIpc) is 3.59. The van der Waals surface area contributed by atoms with Crippen LogP contribution in [0.15, 0.2) is 97.1 Å². The van der Waals surface area contributed by atoms with Crippen LogP contribution in [0.5, 0.6) is 0 Å². The van der Waals surface area contributed by atoms with Gasteiger partial charge in [-0.3, -0.25) is 0 Å². The maximum Gasteiger partial charge on any atom is 2.00 e. The van der Waals surface area contributed by atoms with Crippen molar-refractivity contribution in [2.75, 3.05) is 0 Å². The van der Waals surface area contributed by atoms with Gasteiger partial charge in [-0.15, -0.1) is 69.1 Å². The van der Waals surface area contributed by atoms with Crippen LogP contribution < -0.4 is 10.4 Å². The molecule has 0 radical (unpaired) electrons. The van der Waals surface area contributed by atoms with Gasteiger partial charge in [-0.25, -0.2) is 0 Å². The molecule has 0 atom stereocenters. The first-order chi connectivity index (χ1) is 22.3. The van der Waals surface area contributed by atoms with E-state index in [2.05, 4.69) is 166 Å². The van der Waals surface area contributed by atoms with E-state index in [1.165, 1.54) is 54.9 Å². The standard InChI is InChI=1S/C46H54Si.Mg/c1-11-15-35-29-33-17-13-19-39(31-21-25-37(26-22-31)45(3,4)5)41(33)43(35)47(9,10)44-36(16-12-2)30-34-18-14-20-40(42(34)44)32-23-27-38(28-24-32)46(6,7)8;/h13-14,17-30H,11-12,15-16H2,1-10H3;/q-2;+2. The Morgan fingerprint density at radius 1 is 0.521 bits per heavy atom. The first-order valence-corrected chi connectivity index (χ1v) is 20.9. The van der Waals surface area contributed by atoms with Crippen LogP contribution in [0.4, 0.5) is 0 Å². The number of hydrogen-bond donors (Lipinski definition) is 0. The molecule has 0 N–H and O–H groups in total. The van der Waals surface area contributed by atoms with Crippen molar-refractivity contribution < 1.29 is 0 Å². The Balaban J connectivity index is 0.00000451. The van der Waals surface area contributed by atoms with Crippen molar-refractivity contribution in [3.63, 3.8) is 0 Å². The molecule has 0 bridgehead atoms. The van der Waals surface area contributed by atoms with Gasteiger partial charge in [0.05, 0.1) is 0 Å². The smallest absolute Gasteiger partial charge is 0.158 e. The summed E-state index contributed by atoms with van der Waals surface area (Å²) in [4.78, 5) is 0. The number of fused-ring (bicyclic) bond motifs is 2. The summed E-state index contributed by atoms with van der Waals surface area (Å²) < 4.78 is 0. The van der Waals surface area contributed by atoms with Gasteiger partial charge in [0, 0.05) is 8.07 Å². The van der Waals surface area contributed by atoms with E-state index < -0.39 is 8.07 Å². The molecule has 0 aliphatic heterocycles. The van der Waals surface area contributed by atoms with Crippen LogP contribution in [0.1, 0.15) is 90.5 Å². The number of benzene rings is 4. The van der Waals surface area contributed by atoms with E-state index in [9.17, 15) is 0 Å². The third-order valence-corrected chi connectivity index (χ3v) is 14.0. The van der Waals surface area contributed by atoms with Gasteiger partial charge in [0.15, 0.2) is 0 Å². The van der Waals surface area contributed by atoms with Gasteiger partial charge in [0.2, 0.25) is 0 Å². The van der Waals surface area contributed by atoms with Crippen LogP contribution in [-0.2, 0) is 23.7 Å². The Kier molecular flexibility index (Phi) is 10.4. The Hall–Kier alpha value is -2.92. The minimum atomic E-state index is -2.25. The molecule has 0 aliphatic carbocycles. The van der Waals surface area contributed by atoms with E-state index in [0.29, 0.717) is 0 Å². The molecule has 2 heteroatoms. The number of hydrogen-bond acceptors (Lipinski definition) is 0. The minimum absolute atomic E-state index is 0. The molecular formula is C46H54MgSi. The molecule has 0 unspecified atom stereocenters. The Morgan fingerprint density at radius 3 is 1.19 bits per heavy atom. The monoisotopic (exact) mass is 658 g/mol. The van der Waals surface area contributed by atoms with Crippen molar-refractivity contribution in [3.8, 4) is 22.3 Å². The van der Waals surface area contributed by atoms with Crippen LogP contribution in [0.25, 0.3) is 43.8 Å². The maximum atomic E-state index is 2.65. The van der Waals surface area contributed by atoms with Gasteiger partial charge in [-0.1, -0.05) is 153 Å². The largest absolute Gasteiger partial charge is 2.00 e. The topological polar surface area (TPSA) is 0 Å². The predicted molar refractivity (Wildman–Crippen MR) is 218 cm³/mol. The van der Waals surface area contributed by atoms with Crippen LogP contribution in [0, 0.1) is 0 Å². The Bertz CT molecular complexity index is 1870. The van der Waals surface area contributed by atoms with Crippen LogP contribution in [0.3, 0.4) is 0 Å². The molecule has 6 aromatic rings. The molecule has 0 fully saturated rings. The summed E-state index contributed by atoms with van der Waals surface area (Å²) in [6, 6.07) is 37.9. The van der Waals surface area contributed by atoms with E-state index in [1.807, 2.05) is 0 Å². The molecule has 0 spiro atoms. The summed E-state index contributed by atoms with van der Waals surface area (Å²) in [6.45, 7) is 23.8. The third-order valence-electron chi connectivity index (χ3n) is 10.4. The summed E-state index contributed by atoms with van der Waals surface area (Å²) in [6.07, 6.45) is 4.54. The molecule has 6 aromatic carbocycles. The fourth-order valence-electron chi connectivity index (χ4n) is 8.05. The number of aryl methyl sites for hydroxylation is 2. The zero-order valence-corrected chi connectivity index (χ0v) is 33.7. The summed E-state index contributed by atoms with van der Waals surface area (Å²) >= 11 is 0. The third kappa shape index (κ3) is 6.65. The normalized spacial score (nSPS) is 12.5. The first-order valence-electron chi connectivity index (χ1n) is 17.9.